The number of piperidine rings is 1. The van der Waals surface area contributed by atoms with E-state index in [1.807, 2.05) is 24.3 Å². The molecule has 0 saturated carbocycles. The summed E-state index contributed by atoms with van der Waals surface area (Å²) in [5, 5.41) is 0. The summed E-state index contributed by atoms with van der Waals surface area (Å²) >= 11 is 0. The smallest absolute Gasteiger partial charge is 0.328 e. The van der Waals surface area contributed by atoms with Gasteiger partial charge < -0.3 is 9.64 Å². The minimum atomic E-state index is -0.516. The molecule has 2 aliphatic rings. The number of likely N-dealkylation sites (tertiary alicyclic amines) is 1. The lowest BCUT2D eigenvalue weighted by atomic mass is 9.93. The highest BCUT2D eigenvalue weighted by Gasteiger charge is 2.36. The van der Waals surface area contributed by atoms with Crippen molar-refractivity contribution in [1.29, 1.82) is 0 Å². The fourth-order valence-electron chi connectivity index (χ4n) is 4.13. The Morgan fingerprint density at radius 2 is 1.96 bits per heavy atom. The number of methoxy groups -OCH3 is 1. The Kier molecular flexibility index (Phi) is 5.74. The van der Waals surface area contributed by atoms with E-state index in [1.165, 1.54) is 13.5 Å². The van der Waals surface area contributed by atoms with E-state index in [-0.39, 0.29) is 11.9 Å². The van der Waals surface area contributed by atoms with Crippen molar-refractivity contribution in [3.8, 4) is 0 Å². The van der Waals surface area contributed by atoms with E-state index in [0.29, 0.717) is 25.6 Å². The summed E-state index contributed by atoms with van der Waals surface area (Å²) < 4.78 is 4.97. The molecule has 1 fully saturated rings. The highest BCUT2D eigenvalue weighted by molar-refractivity contribution is 5.86. The van der Waals surface area contributed by atoms with Crippen LogP contribution in [0.4, 0.5) is 0 Å². The largest absolute Gasteiger partial charge is 0.467 e. The van der Waals surface area contributed by atoms with Gasteiger partial charge in [0, 0.05) is 19.0 Å². The molecule has 1 aromatic rings. The van der Waals surface area contributed by atoms with E-state index in [1.54, 1.807) is 4.90 Å². The van der Waals surface area contributed by atoms with Crippen molar-refractivity contribution in [3.05, 3.63) is 35.4 Å². The topological polar surface area (TPSA) is 49.9 Å². The SMILES string of the molecule is CC[C@H]1CCCCN1CC(=O)N1Cc2ccccc2C[C@H]1C(=O)OC. The molecule has 0 radical (unpaired) electrons. The zero-order valence-electron chi connectivity index (χ0n) is 15.2. The Balaban J connectivity index is 1.77. The van der Waals surface area contributed by atoms with Gasteiger partial charge in [0.05, 0.1) is 13.7 Å². The number of carbonyl (C=O) groups is 2. The van der Waals surface area contributed by atoms with Gasteiger partial charge in [0.25, 0.3) is 0 Å². The maximum Gasteiger partial charge on any atom is 0.328 e. The Morgan fingerprint density at radius 3 is 2.68 bits per heavy atom. The molecule has 2 heterocycles. The molecule has 0 spiro atoms. The molecule has 1 aromatic carbocycles. The minimum Gasteiger partial charge on any atom is -0.467 e. The Bertz CT molecular complexity index is 631. The molecule has 1 amide bonds. The number of rotatable bonds is 4. The third kappa shape index (κ3) is 3.87. The molecular weight excluding hydrogens is 316 g/mol. The lowest BCUT2D eigenvalue weighted by molar-refractivity contribution is -0.154. The van der Waals surface area contributed by atoms with Crippen LogP contribution in [-0.2, 0) is 27.3 Å². The maximum atomic E-state index is 13.0. The molecular formula is C20H28N2O3. The van der Waals surface area contributed by atoms with Crippen molar-refractivity contribution >= 4 is 11.9 Å². The van der Waals surface area contributed by atoms with Gasteiger partial charge in [-0.3, -0.25) is 9.69 Å². The third-order valence-electron chi connectivity index (χ3n) is 5.60. The Morgan fingerprint density at radius 1 is 1.20 bits per heavy atom. The third-order valence-corrected chi connectivity index (χ3v) is 5.60. The van der Waals surface area contributed by atoms with E-state index < -0.39 is 6.04 Å². The van der Waals surface area contributed by atoms with Crippen molar-refractivity contribution in [2.75, 3.05) is 20.2 Å². The number of hydrogen-bond donors (Lipinski definition) is 0. The first-order valence-electron chi connectivity index (χ1n) is 9.32. The van der Waals surface area contributed by atoms with Crippen molar-refractivity contribution in [1.82, 2.24) is 9.80 Å². The predicted molar refractivity (Wildman–Crippen MR) is 96.0 cm³/mol. The van der Waals surface area contributed by atoms with Crippen LogP contribution in [0.2, 0.25) is 0 Å². The molecule has 5 heteroatoms. The summed E-state index contributed by atoms with van der Waals surface area (Å²) in [6, 6.07) is 8.00. The molecule has 2 aliphatic heterocycles. The molecule has 0 aromatic heterocycles. The van der Waals surface area contributed by atoms with E-state index in [4.69, 9.17) is 4.74 Å². The van der Waals surface area contributed by atoms with Crippen LogP contribution in [0.1, 0.15) is 43.7 Å². The van der Waals surface area contributed by atoms with Crippen LogP contribution < -0.4 is 0 Å². The second-order valence-corrected chi connectivity index (χ2v) is 7.06. The molecule has 0 unspecified atom stereocenters. The maximum absolute atomic E-state index is 13.0. The van der Waals surface area contributed by atoms with Crippen molar-refractivity contribution in [2.24, 2.45) is 0 Å². The van der Waals surface area contributed by atoms with Gasteiger partial charge in [-0.2, -0.15) is 0 Å². The highest BCUT2D eigenvalue weighted by atomic mass is 16.5. The van der Waals surface area contributed by atoms with Gasteiger partial charge in [-0.15, -0.1) is 0 Å². The molecule has 0 bridgehead atoms. The summed E-state index contributed by atoms with van der Waals surface area (Å²) in [6.07, 6.45) is 5.15. The van der Waals surface area contributed by atoms with Gasteiger partial charge in [0.15, 0.2) is 0 Å². The van der Waals surface area contributed by atoms with E-state index in [0.717, 1.165) is 36.9 Å². The molecule has 25 heavy (non-hydrogen) atoms. The Hall–Kier alpha value is -1.88. The fraction of sp³-hybridized carbons (Fsp3) is 0.600. The van der Waals surface area contributed by atoms with E-state index in [9.17, 15) is 9.59 Å². The summed E-state index contributed by atoms with van der Waals surface area (Å²) in [4.78, 5) is 29.3. The second-order valence-electron chi connectivity index (χ2n) is 7.06. The molecule has 136 valence electrons. The van der Waals surface area contributed by atoms with Crippen molar-refractivity contribution in [2.45, 2.75) is 57.7 Å². The number of nitrogens with zero attached hydrogens (tertiary/aromatic N) is 2. The van der Waals surface area contributed by atoms with Crippen LogP contribution in [0.5, 0.6) is 0 Å². The normalized spacial score (nSPS) is 23.8. The molecule has 3 rings (SSSR count). The molecule has 5 nitrogen and oxygen atoms in total. The molecule has 2 atom stereocenters. The number of ether oxygens (including phenoxy) is 1. The number of benzene rings is 1. The van der Waals surface area contributed by atoms with Crippen LogP contribution in [0.25, 0.3) is 0 Å². The average molecular weight is 344 g/mol. The Labute approximate surface area is 149 Å². The zero-order chi connectivity index (χ0) is 17.8. The summed E-state index contributed by atoms with van der Waals surface area (Å²) in [5.74, 6) is -0.293. The number of amides is 1. The van der Waals surface area contributed by atoms with Crippen LogP contribution >= 0.6 is 0 Å². The minimum absolute atomic E-state index is 0.0326. The number of fused-ring (bicyclic) bond motifs is 1. The number of carbonyl (C=O) groups excluding carboxylic acids is 2. The fourth-order valence-corrected chi connectivity index (χ4v) is 4.13. The molecule has 0 aliphatic carbocycles. The van der Waals surface area contributed by atoms with Gasteiger partial charge in [-0.05, 0) is 36.9 Å². The lowest BCUT2D eigenvalue weighted by Crippen LogP contribution is -2.53. The van der Waals surface area contributed by atoms with Gasteiger partial charge in [-0.1, -0.05) is 37.6 Å². The first-order chi connectivity index (χ1) is 12.1. The summed E-state index contributed by atoms with van der Waals surface area (Å²) in [5.41, 5.74) is 2.26. The van der Waals surface area contributed by atoms with Crippen molar-refractivity contribution in [3.63, 3.8) is 0 Å². The van der Waals surface area contributed by atoms with Crippen LogP contribution in [-0.4, -0.2) is 54.0 Å². The van der Waals surface area contributed by atoms with Gasteiger partial charge >= 0.3 is 5.97 Å². The number of esters is 1. The summed E-state index contributed by atoms with van der Waals surface area (Å²) in [6.45, 7) is 4.03. The van der Waals surface area contributed by atoms with Gasteiger partial charge in [-0.25, -0.2) is 4.79 Å². The quantitative estimate of drug-likeness (QED) is 0.787. The standard InChI is InChI=1S/C20H28N2O3/c1-3-17-10-6-7-11-21(17)14-19(23)22-13-16-9-5-4-8-15(16)12-18(22)20(24)25-2/h4-5,8-9,17-18H,3,6-7,10-14H2,1-2H3/t17-,18-/m0/s1. The van der Waals surface area contributed by atoms with Crippen LogP contribution in [0.3, 0.4) is 0 Å². The van der Waals surface area contributed by atoms with Gasteiger partial charge in [0.1, 0.15) is 6.04 Å². The second kappa shape index (κ2) is 8.00. The molecule has 0 N–H and O–H groups in total. The van der Waals surface area contributed by atoms with Crippen molar-refractivity contribution < 1.29 is 14.3 Å². The van der Waals surface area contributed by atoms with Crippen LogP contribution in [0, 0.1) is 0 Å². The van der Waals surface area contributed by atoms with E-state index >= 15 is 0 Å². The first kappa shape index (κ1) is 17.9. The first-order valence-corrected chi connectivity index (χ1v) is 9.32. The summed E-state index contributed by atoms with van der Waals surface area (Å²) in [7, 11) is 1.39. The molecule has 1 saturated heterocycles. The highest BCUT2D eigenvalue weighted by Crippen LogP contribution is 2.25. The number of hydrogen-bond acceptors (Lipinski definition) is 4. The van der Waals surface area contributed by atoms with Crippen LogP contribution in [0.15, 0.2) is 24.3 Å². The van der Waals surface area contributed by atoms with Gasteiger partial charge in [0.2, 0.25) is 5.91 Å². The van der Waals surface area contributed by atoms with E-state index in [2.05, 4.69) is 11.8 Å². The zero-order valence-corrected chi connectivity index (χ0v) is 15.2. The lowest BCUT2D eigenvalue weighted by Gasteiger charge is -2.39. The predicted octanol–water partition coefficient (Wildman–Crippen LogP) is 2.38. The average Bonchev–Trinajstić information content (AvgIpc) is 2.66. The monoisotopic (exact) mass is 344 g/mol.